The van der Waals surface area contributed by atoms with Gasteiger partial charge in [-0.25, -0.2) is 8.42 Å². The minimum absolute atomic E-state index is 0.0180. The number of hydrogen-bond donors (Lipinski definition) is 1. The molecule has 0 radical (unpaired) electrons. The van der Waals surface area contributed by atoms with Crippen molar-refractivity contribution in [2.24, 2.45) is 0 Å². The molecule has 0 bridgehead atoms. The Balaban J connectivity index is 2.30. The molecule has 0 aliphatic carbocycles. The summed E-state index contributed by atoms with van der Waals surface area (Å²) in [4.78, 5) is 23.1. The first kappa shape index (κ1) is 24.1. The topological polar surface area (TPSA) is 110 Å². The first-order valence-electron chi connectivity index (χ1n) is 9.02. The van der Waals surface area contributed by atoms with E-state index in [4.69, 9.17) is 0 Å². The molecule has 0 aliphatic heterocycles. The van der Waals surface area contributed by atoms with Gasteiger partial charge in [-0.05, 0) is 30.2 Å². The lowest BCUT2D eigenvalue weighted by molar-refractivity contribution is -0.384. The number of alkyl halides is 3. The lowest BCUT2D eigenvalue weighted by atomic mass is 10.1. The first-order valence-corrected chi connectivity index (χ1v) is 10.9. The van der Waals surface area contributed by atoms with Crippen molar-refractivity contribution in [3.05, 3.63) is 69.8 Å². The van der Waals surface area contributed by atoms with E-state index in [1.165, 1.54) is 30.3 Å². The van der Waals surface area contributed by atoms with Crippen molar-refractivity contribution in [2.45, 2.75) is 32.1 Å². The second-order valence-electron chi connectivity index (χ2n) is 6.68. The van der Waals surface area contributed by atoms with Crippen LogP contribution in [0.2, 0.25) is 0 Å². The standard InChI is InChI=1S/C19H20F3N3O5S/c1-3-17(18(26)23-12-13-6-4-7-14(10-13)19(20,21)22)24(31(2,29)30)15-8-5-9-16(11-15)25(27)28/h4-11,17H,3,12H2,1-2H3,(H,23,26). The highest BCUT2D eigenvalue weighted by Gasteiger charge is 2.33. The molecule has 1 amide bonds. The average molecular weight is 459 g/mol. The molecule has 0 fully saturated rings. The zero-order valence-corrected chi connectivity index (χ0v) is 17.4. The molecule has 0 spiro atoms. The molecule has 1 unspecified atom stereocenters. The van der Waals surface area contributed by atoms with E-state index in [0.717, 1.165) is 28.8 Å². The number of sulfonamides is 1. The number of hydrogen-bond acceptors (Lipinski definition) is 5. The van der Waals surface area contributed by atoms with Gasteiger partial charge in [-0.3, -0.25) is 19.2 Å². The summed E-state index contributed by atoms with van der Waals surface area (Å²) in [6.45, 7) is 1.29. The quantitative estimate of drug-likeness (QED) is 0.480. The molecule has 168 valence electrons. The highest BCUT2D eigenvalue weighted by molar-refractivity contribution is 7.92. The number of halogens is 3. The third-order valence-electron chi connectivity index (χ3n) is 4.35. The summed E-state index contributed by atoms with van der Waals surface area (Å²) in [5.74, 6) is -0.753. The Bertz CT molecular complexity index is 1070. The Hall–Kier alpha value is -3.15. The number of benzene rings is 2. The molecule has 12 heteroatoms. The monoisotopic (exact) mass is 459 g/mol. The molecule has 0 aliphatic rings. The van der Waals surface area contributed by atoms with E-state index in [9.17, 15) is 36.5 Å². The Morgan fingerprint density at radius 2 is 1.84 bits per heavy atom. The summed E-state index contributed by atoms with van der Waals surface area (Å²) in [6.07, 6.45) is -3.67. The second kappa shape index (κ2) is 9.33. The highest BCUT2D eigenvalue weighted by atomic mass is 32.2. The van der Waals surface area contributed by atoms with Crippen molar-refractivity contribution in [2.75, 3.05) is 10.6 Å². The van der Waals surface area contributed by atoms with Crippen molar-refractivity contribution in [3.8, 4) is 0 Å². The Morgan fingerprint density at radius 3 is 2.39 bits per heavy atom. The van der Waals surface area contributed by atoms with E-state index < -0.39 is 38.6 Å². The van der Waals surface area contributed by atoms with Gasteiger partial charge < -0.3 is 5.32 Å². The van der Waals surface area contributed by atoms with Gasteiger partial charge in [0.25, 0.3) is 5.69 Å². The number of carbonyl (C=O) groups is 1. The normalized spacial score (nSPS) is 12.8. The average Bonchev–Trinajstić information content (AvgIpc) is 2.68. The molecule has 1 atom stereocenters. The summed E-state index contributed by atoms with van der Waals surface area (Å²) in [7, 11) is -4.02. The number of non-ortho nitro benzene ring substituents is 1. The molecule has 0 aromatic heterocycles. The molecule has 0 saturated heterocycles. The number of nitro groups is 1. The van der Waals surface area contributed by atoms with Crippen LogP contribution in [0.15, 0.2) is 48.5 Å². The first-order chi connectivity index (χ1) is 14.3. The van der Waals surface area contributed by atoms with Crippen molar-refractivity contribution < 1.29 is 31.3 Å². The zero-order valence-electron chi connectivity index (χ0n) is 16.6. The van der Waals surface area contributed by atoms with Crippen molar-refractivity contribution in [3.63, 3.8) is 0 Å². The van der Waals surface area contributed by atoms with Gasteiger partial charge in [0.2, 0.25) is 15.9 Å². The summed E-state index contributed by atoms with van der Waals surface area (Å²) in [5.41, 5.74) is -1.12. The van der Waals surface area contributed by atoms with E-state index in [2.05, 4.69) is 5.32 Å². The van der Waals surface area contributed by atoms with Crippen LogP contribution in [0, 0.1) is 10.1 Å². The van der Waals surface area contributed by atoms with Gasteiger partial charge in [-0.1, -0.05) is 25.1 Å². The lowest BCUT2D eigenvalue weighted by Crippen LogP contribution is -2.49. The van der Waals surface area contributed by atoms with E-state index in [-0.39, 0.29) is 29.9 Å². The van der Waals surface area contributed by atoms with Gasteiger partial charge in [0.15, 0.2) is 0 Å². The Labute approximate surface area is 176 Å². The van der Waals surface area contributed by atoms with Gasteiger partial charge in [0.05, 0.1) is 22.4 Å². The van der Waals surface area contributed by atoms with Crippen LogP contribution in [0.5, 0.6) is 0 Å². The maximum Gasteiger partial charge on any atom is 0.416 e. The summed E-state index contributed by atoms with van der Waals surface area (Å²) in [5, 5.41) is 13.5. The lowest BCUT2D eigenvalue weighted by Gasteiger charge is -2.30. The fourth-order valence-corrected chi connectivity index (χ4v) is 4.17. The van der Waals surface area contributed by atoms with Crippen molar-refractivity contribution in [1.29, 1.82) is 0 Å². The Kier molecular flexibility index (Phi) is 7.26. The van der Waals surface area contributed by atoms with Crippen LogP contribution in [-0.2, 0) is 27.5 Å². The second-order valence-corrected chi connectivity index (χ2v) is 8.54. The van der Waals surface area contributed by atoms with Gasteiger partial charge in [-0.2, -0.15) is 13.2 Å². The van der Waals surface area contributed by atoms with Crippen LogP contribution in [0.3, 0.4) is 0 Å². The smallest absolute Gasteiger partial charge is 0.350 e. The SMILES string of the molecule is CCC(C(=O)NCc1cccc(C(F)(F)F)c1)N(c1cccc([N+](=O)[O-])c1)S(C)(=O)=O. The van der Waals surface area contributed by atoms with Crippen molar-refractivity contribution >= 4 is 27.3 Å². The third kappa shape index (κ3) is 6.17. The molecule has 0 heterocycles. The minimum atomic E-state index is -4.54. The molecule has 31 heavy (non-hydrogen) atoms. The minimum Gasteiger partial charge on any atom is -0.350 e. The van der Waals surface area contributed by atoms with Crippen LogP contribution >= 0.6 is 0 Å². The number of nitrogens with one attached hydrogen (secondary N) is 1. The molecular weight excluding hydrogens is 439 g/mol. The fourth-order valence-electron chi connectivity index (χ4n) is 2.97. The molecule has 8 nitrogen and oxygen atoms in total. The summed E-state index contributed by atoms with van der Waals surface area (Å²) < 4.78 is 64.1. The number of rotatable bonds is 8. The van der Waals surface area contributed by atoms with Crippen LogP contribution < -0.4 is 9.62 Å². The molecule has 2 aromatic rings. The number of anilines is 1. The number of carbonyl (C=O) groups excluding carboxylic acids is 1. The van der Waals surface area contributed by atoms with Crippen LogP contribution in [0.4, 0.5) is 24.5 Å². The molecule has 2 aromatic carbocycles. The van der Waals surface area contributed by atoms with E-state index in [1.807, 2.05) is 0 Å². The Morgan fingerprint density at radius 1 is 1.19 bits per heavy atom. The van der Waals surface area contributed by atoms with Gasteiger partial charge in [-0.15, -0.1) is 0 Å². The molecular formula is C19H20F3N3O5S. The maximum absolute atomic E-state index is 12.9. The molecule has 2 rings (SSSR count). The molecule has 1 N–H and O–H groups in total. The number of nitrogens with zero attached hydrogens (tertiary/aromatic N) is 2. The van der Waals surface area contributed by atoms with Gasteiger partial charge in [0, 0.05) is 18.7 Å². The third-order valence-corrected chi connectivity index (χ3v) is 5.53. The van der Waals surface area contributed by atoms with Gasteiger partial charge >= 0.3 is 6.18 Å². The van der Waals surface area contributed by atoms with Gasteiger partial charge in [0.1, 0.15) is 6.04 Å². The fraction of sp³-hybridized carbons (Fsp3) is 0.316. The van der Waals surface area contributed by atoms with Crippen LogP contribution in [0.25, 0.3) is 0 Å². The number of amides is 1. The highest BCUT2D eigenvalue weighted by Crippen LogP contribution is 2.30. The van der Waals surface area contributed by atoms with E-state index in [1.54, 1.807) is 6.92 Å². The summed E-state index contributed by atoms with van der Waals surface area (Å²) >= 11 is 0. The van der Waals surface area contributed by atoms with Crippen LogP contribution in [0.1, 0.15) is 24.5 Å². The predicted octanol–water partition coefficient (Wildman–Crippen LogP) is 3.47. The van der Waals surface area contributed by atoms with Crippen molar-refractivity contribution in [1.82, 2.24) is 5.32 Å². The van der Waals surface area contributed by atoms with E-state index >= 15 is 0 Å². The predicted molar refractivity (Wildman–Crippen MR) is 108 cm³/mol. The number of nitro benzene ring substituents is 1. The van der Waals surface area contributed by atoms with E-state index in [0.29, 0.717) is 0 Å². The van der Waals surface area contributed by atoms with Crippen LogP contribution in [-0.4, -0.2) is 31.5 Å². The summed E-state index contributed by atoms with van der Waals surface area (Å²) in [6, 6.07) is 7.93. The zero-order chi connectivity index (χ0) is 23.4. The molecule has 0 saturated carbocycles. The largest absolute Gasteiger partial charge is 0.416 e. The maximum atomic E-state index is 12.9.